The van der Waals surface area contributed by atoms with Crippen molar-refractivity contribution in [3.63, 3.8) is 0 Å². The molecule has 0 bridgehead atoms. The third kappa shape index (κ3) is 3.51. The van der Waals surface area contributed by atoms with E-state index in [4.69, 9.17) is 0 Å². The third-order valence-corrected chi connectivity index (χ3v) is 2.88. The van der Waals surface area contributed by atoms with Gasteiger partial charge in [0.25, 0.3) is 0 Å². The summed E-state index contributed by atoms with van der Waals surface area (Å²) in [5.74, 6) is 0. The van der Waals surface area contributed by atoms with Gasteiger partial charge in [0.15, 0.2) is 6.29 Å². The van der Waals surface area contributed by atoms with E-state index in [0.29, 0.717) is 0 Å². The van der Waals surface area contributed by atoms with Gasteiger partial charge in [-0.25, -0.2) is 4.98 Å². The summed E-state index contributed by atoms with van der Waals surface area (Å²) in [6.45, 7) is 0.997. The molecule has 0 atom stereocenters. The summed E-state index contributed by atoms with van der Waals surface area (Å²) in [6, 6.07) is 3.85. The average Bonchev–Trinajstić information content (AvgIpc) is 2.86. The van der Waals surface area contributed by atoms with Gasteiger partial charge in [-0.05, 0) is 58.7 Å². The molecule has 4 nitrogen and oxygen atoms in total. The molecule has 3 heterocycles. The van der Waals surface area contributed by atoms with E-state index in [-0.39, 0.29) is 0 Å². The molecule has 1 aliphatic heterocycles. The minimum Gasteiger partial charge on any atom is -0.329 e. The predicted octanol–water partition coefficient (Wildman–Crippen LogP) is 4.61. The fourth-order valence-corrected chi connectivity index (χ4v) is 2.30. The Kier molecular flexibility index (Phi) is 4.57. The van der Waals surface area contributed by atoms with Crippen LogP contribution in [0, 0.1) is 0 Å². The van der Waals surface area contributed by atoms with Gasteiger partial charge >= 0.3 is 5.20 Å². The van der Waals surface area contributed by atoms with E-state index in [9.17, 15) is 9.36 Å². The number of fused-ring (bicyclic) bond motifs is 3. The Morgan fingerprint density at radius 2 is 2.05 bits per heavy atom. The first-order valence-corrected chi connectivity index (χ1v) is 9.94. The van der Waals surface area contributed by atoms with Gasteiger partial charge in [-0.3, -0.25) is 9.36 Å². The number of carbonyl (C=O) groups excluding carboxylic acids is 1. The zero-order valence-electron chi connectivity index (χ0n) is 9.72. The quantitative estimate of drug-likeness (QED) is 0.563. The molecular weight excluding hydrogens is 329 g/mol. The van der Waals surface area contributed by atoms with E-state index in [1.165, 1.54) is 0 Å². The number of carbonyl (C=O) groups is 1. The van der Waals surface area contributed by atoms with Crippen molar-refractivity contribution in [2.45, 2.75) is 19.4 Å². The number of halogens is 3. The van der Waals surface area contributed by atoms with Gasteiger partial charge in [-0.15, -0.1) is 0 Å². The number of aromatic nitrogens is 2. The number of hydrogen-bond donors (Lipinski definition) is 0. The van der Waals surface area contributed by atoms with E-state index in [1.54, 1.807) is 6.20 Å². The van der Waals surface area contributed by atoms with Crippen molar-refractivity contribution in [3.05, 3.63) is 29.6 Å². The van der Waals surface area contributed by atoms with Gasteiger partial charge in [0.2, 0.25) is 0 Å². The Hall–Kier alpha value is -0.540. The summed E-state index contributed by atoms with van der Waals surface area (Å²) in [5, 5.41) is -2.22. The van der Waals surface area contributed by atoms with Gasteiger partial charge in [0.05, 0.1) is 0 Å². The van der Waals surface area contributed by atoms with E-state index < -0.39 is 5.20 Å². The molecule has 3 rings (SSSR count). The van der Waals surface area contributed by atoms with Gasteiger partial charge in [0.1, 0.15) is 5.65 Å². The van der Waals surface area contributed by atoms with Crippen molar-refractivity contribution < 1.29 is 9.36 Å². The van der Waals surface area contributed by atoms with Crippen molar-refractivity contribution in [1.82, 2.24) is 9.55 Å². The van der Waals surface area contributed by atoms with Crippen LogP contribution in [0.4, 0.5) is 0 Å². The molecule has 1 aliphatic rings. The van der Waals surface area contributed by atoms with E-state index in [0.717, 1.165) is 48.0 Å². The molecular formula is C11H10Cl3N2O2P. The van der Waals surface area contributed by atoms with Crippen LogP contribution < -0.4 is 0 Å². The first-order valence-electron chi connectivity index (χ1n) is 5.52. The molecule has 102 valence electrons. The molecule has 0 aromatic carbocycles. The van der Waals surface area contributed by atoms with Crippen LogP contribution in [0.3, 0.4) is 0 Å². The minimum absolute atomic E-state index is 0.839. The molecule has 8 heteroatoms. The zero-order chi connectivity index (χ0) is 14.0. The van der Waals surface area contributed by atoms with Crippen LogP contribution in [0.15, 0.2) is 18.3 Å². The molecule has 0 saturated carbocycles. The summed E-state index contributed by atoms with van der Waals surface area (Å²) < 4.78 is 11.7. The zero-order valence-corrected chi connectivity index (χ0v) is 12.9. The molecule has 0 radical (unpaired) electrons. The first-order chi connectivity index (χ1) is 8.92. The molecule has 0 N–H and O–H groups in total. The number of hydrogen-bond acceptors (Lipinski definition) is 3. The summed E-state index contributed by atoms with van der Waals surface area (Å²) in [7, 11) is 0. The maximum Gasteiger partial charge on any atom is 0.339 e. The lowest BCUT2D eigenvalue weighted by Gasteiger charge is -1.96. The van der Waals surface area contributed by atoms with E-state index in [2.05, 4.69) is 43.3 Å². The summed E-state index contributed by atoms with van der Waals surface area (Å²) >= 11 is 13.8. The Bertz CT molecular complexity index is 657. The fraction of sp³-hybridized carbons (Fsp3) is 0.273. The smallest absolute Gasteiger partial charge is 0.329 e. The van der Waals surface area contributed by atoms with Crippen LogP contribution in [-0.4, -0.2) is 15.8 Å². The van der Waals surface area contributed by atoms with Gasteiger partial charge in [-0.2, -0.15) is 0 Å². The highest BCUT2D eigenvalue weighted by atomic mass is 36.0. The largest absolute Gasteiger partial charge is 0.339 e. The second-order valence-corrected chi connectivity index (χ2v) is 10.6. The van der Waals surface area contributed by atoms with Crippen molar-refractivity contribution in [2.24, 2.45) is 0 Å². The van der Waals surface area contributed by atoms with Crippen LogP contribution in [-0.2, 0) is 17.5 Å². The van der Waals surface area contributed by atoms with E-state index in [1.807, 2.05) is 12.1 Å². The highest BCUT2D eigenvalue weighted by Gasteiger charge is 2.20. The monoisotopic (exact) mass is 338 g/mol. The Labute approximate surface area is 124 Å². The minimum atomic E-state index is -3.22. The normalized spacial score (nSPS) is 13.8. The maximum atomic E-state index is 11.0. The molecule has 0 unspecified atom stereocenters. The molecule has 0 fully saturated rings. The number of rotatable bonds is 1. The standard InChI is InChI=1S/C11H10N2O.Cl3OP/c14-7-9-8-3-1-5-12-11(8)13-6-2-4-10(9)13;1-5(2,3)4/h1,3,5,7H,2,4,6H2;. The van der Waals surface area contributed by atoms with Crippen molar-refractivity contribution in [2.75, 3.05) is 0 Å². The molecule has 0 amide bonds. The molecule has 2 aromatic rings. The fourth-order valence-electron chi connectivity index (χ4n) is 2.30. The number of nitrogens with zero attached hydrogens (tertiary/aromatic N) is 2. The molecule has 2 aromatic heterocycles. The number of aryl methyl sites for hydroxylation is 1. The lowest BCUT2D eigenvalue weighted by Crippen LogP contribution is -1.93. The van der Waals surface area contributed by atoms with Gasteiger partial charge < -0.3 is 4.57 Å². The molecule has 19 heavy (non-hydrogen) atoms. The summed E-state index contributed by atoms with van der Waals surface area (Å²) in [6.07, 6.45) is 4.87. The van der Waals surface area contributed by atoms with Crippen LogP contribution in [0.25, 0.3) is 11.0 Å². The molecule has 0 spiro atoms. The Balaban J connectivity index is 0.000000232. The number of aldehydes is 1. The summed E-state index contributed by atoms with van der Waals surface area (Å²) in [5.41, 5.74) is 2.96. The summed E-state index contributed by atoms with van der Waals surface area (Å²) in [4.78, 5) is 15.3. The van der Waals surface area contributed by atoms with Crippen molar-refractivity contribution >= 4 is 56.2 Å². The average molecular weight is 340 g/mol. The highest BCUT2D eigenvalue weighted by molar-refractivity contribution is 8.24. The van der Waals surface area contributed by atoms with Crippen LogP contribution >= 0.6 is 38.9 Å². The molecule has 0 aliphatic carbocycles. The predicted molar refractivity (Wildman–Crippen MR) is 78.6 cm³/mol. The van der Waals surface area contributed by atoms with Crippen LogP contribution in [0.1, 0.15) is 22.5 Å². The van der Waals surface area contributed by atoms with Crippen LogP contribution in [0.2, 0.25) is 0 Å². The van der Waals surface area contributed by atoms with Gasteiger partial charge in [0, 0.05) is 29.4 Å². The highest BCUT2D eigenvalue weighted by Crippen LogP contribution is 2.61. The second kappa shape index (κ2) is 5.84. The third-order valence-electron chi connectivity index (χ3n) is 2.88. The second-order valence-electron chi connectivity index (χ2n) is 4.01. The first kappa shape index (κ1) is 14.9. The number of pyridine rings is 1. The SMILES string of the molecule is O=Cc1c2n(c3ncccc13)CCC2.O=P(Cl)(Cl)Cl. The maximum absolute atomic E-state index is 11.0. The van der Waals surface area contributed by atoms with Crippen molar-refractivity contribution in [3.8, 4) is 0 Å². The van der Waals surface area contributed by atoms with E-state index >= 15 is 0 Å². The lowest BCUT2D eigenvalue weighted by atomic mass is 10.1. The van der Waals surface area contributed by atoms with Crippen molar-refractivity contribution in [1.29, 1.82) is 0 Å². The van der Waals surface area contributed by atoms with Crippen LogP contribution in [0.5, 0.6) is 0 Å². The topological polar surface area (TPSA) is 52.0 Å². The Morgan fingerprint density at radius 3 is 2.68 bits per heavy atom. The lowest BCUT2D eigenvalue weighted by molar-refractivity contribution is 0.112. The van der Waals surface area contributed by atoms with Gasteiger partial charge in [-0.1, -0.05) is 0 Å². The molecule has 0 saturated heterocycles. The Morgan fingerprint density at radius 1 is 1.37 bits per heavy atom.